The molecule has 1 aliphatic heterocycles. The summed E-state index contributed by atoms with van der Waals surface area (Å²) in [4.78, 5) is 14.2. The first-order valence-electron chi connectivity index (χ1n) is 7.34. The molecule has 20 heavy (non-hydrogen) atoms. The van der Waals surface area contributed by atoms with Gasteiger partial charge in [0, 0.05) is 54.8 Å². The van der Waals surface area contributed by atoms with Crippen molar-refractivity contribution >= 4 is 16.9 Å². The monoisotopic (exact) mass is 269 g/mol. The predicted octanol–water partition coefficient (Wildman–Crippen LogP) is 2.41. The van der Waals surface area contributed by atoms with E-state index in [9.17, 15) is 4.79 Å². The Morgan fingerprint density at radius 1 is 1.30 bits per heavy atom. The molecule has 0 unspecified atom stereocenters. The zero-order valence-corrected chi connectivity index (χ0v) is 11.7. The molecule has 0 radical (unpaired) electrons. The molecular formula is C16H19N3O. The average Bonchev–Trinajstić information content (AvgIpc) is 3.25. The first-order chi connectivity index (χ1) is 9.74. The molecule has 0 saturated heterocycles. The van der Waals surface area contributed by atoms with Gasteiger partial charge in [0.05, 0.1) is 0 Å². The van der Waals surface area contributed by atoms with Gasteiger partial charge in [-0.15, -0.1) is 0 Å². The quantitative estimate of drug-likeness (QED) is 0.848. The lowest BCUT2D eigenvalue weighted by molar-refractivity contribution is 0.191. The topological polar surface area (TPSA) is 37.3 Å². The number of carbonyl (C=O) groups excluding carboxylic acids is 1. The Hall–Kier alpha value is -1.97. The van der Waals surface area contributed by atoms with Gasteiger partial charge in [0.1, 0.15) is 0 Å². The van der Waals surface area contributed by atoms with Gasteiger partial charge in [0.25, 0.3) is 0 Å². The molecule has 4 heteroatoms. The van der Waals surface area contributed by atoms with E-state index >= 15 is 0 Å². The Balaban J connectivity index is 1.67. The number of aryl methyl sites for hydroxylation is 1. The predicted molar refractivity (Wildman–Crippen MR) is 78.6 cm³/mol. The lowest BCUT2D eigenvalue weighted by atomic mass is 10.0. The Morgan fingerprint density at radius 2 is 2.10 bits per heavy atom. The van der Waals surface area contributed by atoms with Crippen LogP contribution in [0.4, 0.5) is 4.79 Å². The highest BCUT2D eigenvalue weighted by atomic mass is 16.2. The molecule has 2 aromatic rings. The second-order valence-electron chi connectivity index (χ2n) is 5.90. The number of para-hydroxylation sites is 1. The highest BCUT2D eigenvalue weighted by Gasteiger charge is 2.29. The Bertz CT molecular complexity index is 684. The van der Waals surface area contributed by atoms with E-state index in [1.807, 2.05) is 4.90 Å². The van der Waals surface area contributed by atoms with Crippen LogP contribution in [0.3, 0.4) is 0 Å². The number of benzene rings is 1. The number of urea groups is 1. The first kappa shape index (κ1) is 11.8. The van der Waals surface area contributed by atoms with Crippen LogP contribution in [-0.2, 0) is 20.0 Å². The summed E-state index contributed by atoms with van der Waals surface area (Å²) in [5.41, 5.74) is 3.96. The van der Waals surface area contributed by atoms with E-state index in [0.717, 1.165) is 32.4 Å². The summed E-state index contributed by atoms with van der Waals surface area (Å²) < 4.78 is 2.28. The first-order valence-corrected chi connectivity index (χ1v) is 7.34. The molecule has 104 valence electrons. The maximum atomic E-state index is 12.2. The van der Waals surface area contributed by atoms with Crippen molar-refractivity contribution in [3.63, 3.8) is 0 Å². The fraction of sp³-hybridized carbons (Fsp3) is 0.438. The van der Waals surface area contributed by atoms with Gasteiger partial charge in [-0.2, -0.15) is 0 Å². The van der Waals surface area contributed by atoms with Crippen LogP contribution >= 0.6 is 0 Å². The van der Waals surface area contributed by atoms with Gasteiger partial charge in [-0.05, 0) is 18.9 Å². The summed E-state index contributed by atoms with van der Waals surface area (Å²) in [6, 6.07) is 9.00. The van der Waals surface area contributed by atoms with Crippen LogP contribution in [0, 0.1) is 0 Å². The van der Waals surface area contributed by atoms with Crippen molar-refractivity contribution in [3.8, 4) is 0 Å². The summed E-state index contributed by atoms with van der Waals surface area (Å²) >= 11 is 0. The van der Waals surface area contributed by atoms with E-state index in [-0.39, 0.29) is 6.03 Å². The number of hydrogen-bond acceptors (Lipinski definition) is 1. The van der Waals surface area contributed by atoms with E-state index in [0.29, 0.717) is 6.04 Å². The molecule has 2 amide bonds. The fourth-order valence-corrected chi connectivity index (χ4v) is 3.20. The minimum atomic E-state index is 0.103. The van der Waals surface area contributed by atoms with Crippen LogP contribution in [0.5, 0.6) is 0 Å². The van der Waals surface area contributed by atoms with Crippen molar-refractivity contribution in [2.75, 3.05) is 6.54 Å². The lowest BCUT2D eigenvalue weighted by Crippen LogP contribution is -2.43. The van der Waals surface area contributed by atoms with Crippen molar-refractivity contribution in [2.24, 2.45) is 7.05 Å². The highest BCUT2D eigenvalue weighted by molar-refractivity contribution is 5.86. The van der Waals surface area contributed by atoms with Crippen molar-refractivity contribution < 1.29 is 4.79 Å². The minimum absolute atomic E-state index is 0.103. The third-order valence-electron chi connectivity index (χ3n) is 4.50. The van der Waals surface area contributed by atoms with E-state index in [2.05, 4.69) is 41.2 Å². The van der Waals surface area contributed by atoms with Crippen molar-refractivity contribution in [3.05, 3.63) is 35.5 Å². The number of nitrogens with one attached hydrogen (secondary N) is 1. The van der Waals surface area contributed by atoms with Gasteiger partial charge < -0.3 is 14.8 Å². The zero-order valence-electron chi connectivity index (χ0n) is 11.7. The second-order valence-corrected chi connectivity index (χ2v) is 5.90. The van der Waals surface area contributed by atoms with Crippen LogP contribution < -0.4 is 5.32 Å². The maximum Gasteiger partial charge on any atom is 0.317 e. The number of fused-ring (bicyclic) bond motifs is 3. The number of rotatable bonds is 1. The number of amides is 2. The second kappa shape index (κ2) is 4.27. The van der Waals surface area contributed by atoms with Crippen LogP contribution in [0.2, 0.25) is 0 Å². The Labute approximate surface area is 118 Å². The van der Waals surface area contributed by atoms with E-state index < -0.39 is 0 Å². The zero-order chi connectivity index (χ0) is 13.7. The van der Waals surface area contributed by atoms with Crippen LogP contribution in [-0.4, -0.2) is 28.1 Å². The third-order valence-corrected chi connectivity index (χ3v) is 4.50. The Kier molecular flexibility index (Phi) is 2.52. The van der Waals surface area contributed by atoms with Crippen LogP contribution in [0.1, 0.15) is 24.1 Å². The summed E-state index contributed by atoms with van der Waals surface area (Å²) in [6.45, 7) is 1.55. The van der Waals surface area contributed by atoms with Gasteiger partial charge in [-0.25, -0.2) is 4.79 Å². The van der Waals surface area contributed by atoms with Crippen LogP contribution in [0.15, 0.2) is 24.3 Å². The number of carbonyl (C=O) groups is 1. The smallest absolute Gasteiger partial charge is 0.317 e. The SMILES string of the molecule is Cn1c2c(c3ccccc31)CN(C(=O)NC1CC1)CC2. The minimum Gasteiger partial charge on any atom is -0.347 e. The lowest BCUT2D eigenvalue weighted by Gasteiger charge is -2.28. The van der Waals surface area contributed by atoms with Gasteiger partial charge in [0.15, 0.2) is 0 Å². The van der Waals surface area contributed by atoms with Crippen molar-refractivity contribution in [1.29, 1.82) is 0 Å². The molecular weight excluding hydrogens is 250 g/mol. The largest absolute Gasteiger partial charge is 0.347 e. The summed E-state index contributed by atoms with van der Waals surface area (Å²) in [5.74, 6) is 0. The fourth-order valence-electron chi connectivity index (χ4n) is 3.20. The molecule has 0 spiro atoms. The molecule has 2 aliphatic rings. The standard InChI is InChI=1S/C16H19N3O/c1-18-14-5-3-2-4-12(14)13-10-19(9-8-15(13)18)16(20)17-11-6-7-11/h2-5,11H,6-10H2,1H3,(H,17,20). The highest BCUT2D eigenvalue weighted by Crippen LogP contribution is 2.30. The normalized spacial score (nSPS) is 18.1. The molecule has 4 nitrogen and oxygen atoms in total. The van der Waals surface area contributed by atoms with Crippen molar-refractivity contribution in [1.82, 2.24) is 14.8 Å². The van der Waals surface area contributed by atoms with Crippen molar-refractivity contribution in [2.45, 2.75) is 31.8 Å². The summed E-state index contributed by atoms with van der Waals surface area (Å²) in [7, 11) is 2.13. The number of nitrogens with zero attached hydrogens (tertiary/aromatic N) is 2. The molecule has 0 atom stereocenters. The van der Waals surface area contributed by atoms with E-state index in [4.69, 9.17) is 0 Å². The molecule has 2 heterocycles. The maximum absolute atomic E-state index is 12.2. The molecule has 1 aliphatic carbocycles. The van der Waals surface area contributed by atoms with E-state index in [1.54, 1.807) is 0 Å². The van der Waals surface area contributed by atoms with Gasteiger partial charge in [-0.1, -0.05) is 18.2 Å². The molecule has 4 rings (SSSR count). The average molecular weight is 269 g/mol. The summed E-state index contributed by atoms with van der Waals surface area (Å²) in [6.07, 6.45) is 3.22. The number of aromatic nitrogens is 1. The molecule has 1 saturated carbocycles. The Morgan fingerprint density at radius 3 is 2.90 bits per heavy atom. The van der Waals surface area contributed by atoms with Gasteiger partial charge >= 0.3 is 6.03 Å². The third kappa shape index (κ3) is 1.79. The molecule has 1 N–H and O–H groups in total. The molecule has 0 bridgehead atoms. The molecule has 1 aromatic carbocycles. The van der Waals surface area contributed by atoms with Gasteiger partial charge in [0.2, 0.25) is 0 Å². The molecule has 1 fully saturated rings. The summed E-state index contributed by atoms with van der Waals surface area (Å²) in [5, 5.41) is 4.38. The van der Waals surface area contributed by atoms with Gasteiger partial charge in [-0.3, -0.25) is 0 Å². The van der Waals surface area contributed by atoms with Crippen LogP contribution in [0.25, 0.3) is 10.9 Å². The van der Waals surface area contributed by atoms with E-state index in [1.165, 1.54) is 22.2 Å². The number of hydrogen-bond donors (Lipinski definition) is 1. The molecule has 1 aromatic heterocycles.